The van der Waals surface area contributed by atoms with Crippen molar-refractivity contribution in [1.29, 1.82) is 0 Å². The number of methoxy groups -OCH3 is 1. The zero-order valence-corrected chi connectivity index (χ0v) is 16.9. The van der Waals surface area contributed by atoms with Crippen LogP contribution in [0.25, 0.3) is 22.2 Å². The van der Waals surface area contributed by atoms with Gasteiger partial charge in [-0.05, 0) is 58.5 Å². The van der Waals surface area contributed by atoms with Gasteiger partial charge in [0.15, 0.2) is 5.65 Å². The van der Waals surface area contributed by atoms with Crippen LogP contribution in [0.3, 0.4) is 0 Å². The molecule has 0 aliphatic rings. The van der Waals surface area contributed by atoms with E-state index in [0.29, 0.717) is 0 Å². The second-order valence-electron chi connectivity index (χ2n) is 5.70. The number of halogens is 1. The van der Waals surface area contributed by atoms with E-state index in [-0.39, 0.29) is 0 Å². The third-order valence-corrected chi connectivity index (χ3v) is 6.33. The van der Waals surface area contributed by atoms with Gasteiger partial charge in [-0.2, -0.15) is 4.55 Å². The van der Waals surface area contributed by atoms with Crippen LogP contribution in [0.4, 0.5) is 0 Å². The van der Waals surface area contributed by atoms with E-state index in [1.807, 2.05) is 71.0 Å². The molecule has 130 valence electrons. The summed E-state index contributed by atoms with van der Waals surface area (Å²) < 4.78 is 18.9. The highest BCUT2D eigenvalue weighted by molar-refractivity contribution is 14.1. The maximum absolute atomic E-state index is 10.8. The normalized spacial score (nSPS) is 12.3. The van der Waals surface area contributed by atoms with Gasteiger partial charge in [-0.15, -0.1) is 3.97 Å². The minimum Gasteiger partial charge on any atom is -0.497 e. The quantitative estimate of drug-likeness (QED) is 0.325. The number of rotatable bonds is 4. The maximum Gasteiger partial charge on any atom is 0.311 e. The van der Waals surface area contributed by atoms with Crippen molar-refractivity contribution in [1.82, 2.24) is 8.96 Å². The number of aromatic nitrogens is 2. The van der Waals surface area contributed by atoms with Gasteiger partial charge in [-0.1, -0.05) is 30.3 Å². The summed E-state index contributed by atoms with van der Waals surface area (Å²) in [6.07, 6.45) is 3.80. The van der Waals surface area contributed by atoms with E-state index in [4.69, 9.17) is 4.74 Å². The zero-order valence-electron chi connectivity index (χ0n) is 14.0. The van der Waals surface area contributed by atoms with E-state index in [9.17, 15) is 4.55 Å². The van der Waals surface area contributed by atoms with E-state index in [1.165, 1.54) is 0 Å². The molecule has 1 unspecified atom stereocenters. The SMILES string of the molecule is COc1ccc(-c2cnc3c(c2)c(I)cn3[S+](O)c2ccccc2)cc1. The highest BCUT2D eigenvalue weighted by Gasteiger charge is 2.27. The summed E-state index contributed by atoms with van der Waals surface area (Å²) in [7, 11) is 1.66. The van der Waals surface area contributed by atoms with E-state index < -0.39 is 11.4 Å². The van der Waals surface area contributed by atoms with Gasteiger partial charge >= 0.3 is 11.4 Å². The summed E-state index contributed by atoms with van der Waals surface area (Å²) in [5.74, 6) is 0.829. The molecule has 2 aromatic heterocycles. The van der Waals surface area contributed by atoms with Crippen LogP contribution in [-0.2, 0) is 11.4 Å². The molecule has 0 radical (unpaired) electrons. The number of fused-ring (bicyclic) bond motifs is 1. The summed E-state index contributed by atoms with van der Waals surface area (Å²) in [5, 5.41) is 1.03. The average molecular weight is 475 g/mol. The number of benzene rings is 2. The smallest absolute Gasteiger partial charge is 0.311 e. The Hall–Kier alpha value is -2.03. The van der Waals surface area contributed by atoms with Crippen LogP contribution >= 0.6 is 22.6 Å². The Balaban J connectivity index is 1.77. The Morgan fingerprint density at radius 1 is 1.04 bits per heavy atom. The lowest BCUT2D eigenvalue weighted by atomic mass is 10.1. The molecule has 0 aliphatic carbocycles. The van der Waals surface area contributed by atoms with Crippen LogP contribution in [0.1, 0.15) is 0 Å². The van der Waals surface area contributed by atoms with Gasteiger partial charge in [0.05, 0.1) is 13.3 Å². The first-order valence-corrected chi connectivity index (χ1v) is 10.2. The van der Waals surface area contributed by atoms with E-state index >= 15 is 0 Å². The van der Waals surface area contributed by atoms with Crippen molar-refractivity contribution in [3.63, 3.8) is 0 Å². The highest BCUT2D eigenvalue weighted by Crippen LogP contribution is 2.30. The van der Waals surface area contributed by atoms with Gasteiger partial charge in [0.2, 0.25) is 4.90 Å². The number of hydrogen-bond acceptors (Lipinski definition) is 3. The largest absolute Gasteiger partial charge is 0.497 e. The van der Waals surface area contributed by atoms with Crippen molar-refractivity contribution < 1.29 is 9.29 Å². The van der Waals surface area contributed by atoms with Crippen LogP contribution < -0.4 is 4.74 Å². The second-order valence-corrected chi connectivity index (χ2v) is 8.26. The summed E-state index contributed by atoms with van der Waals surface area (Å²) in [4.78, 5) is 5.50. The predicted octanol–water partition coefficient (Wildman–Crippen LogP) is 5.23. The number of ether oxygens (including phenoxy) is 1. The topological polar surface area (TPSA) is 47.3 Å². The van der Waals surface area contributed by atoms with Crippen LogP contribution in [0.2, 0.25) is 0 Å². The van der Waals surface area contributed by atoms with Gasteiger partial charge < -0.3 is 4.74 Å². The fourth-order valence-electron chi connectivity index (χ4n) is 2.77. The lowest BCUT2D eigenvalue weighted by molar-refractivity contribution is 0.415. The number of nitrogens with zero attached hydrogens (tertiary/aromatic N) is 2. The number of pyridine rings is 1. The van der Waals surface area contributed by atoms with Crippen molar-refractivity contribution in [2.45, 2.75) is 4.90 Å². The zero-order chi connectivity index (χ0) is 18.1. The summed E-state index contributed by atoms with van der Waals surface area (Å²) in [5.41, 5.74) is 2.89. The molecule has 0 fully saturated rings. The van der Waals surface area contributed by atoms with Gasteiger partial charge in [-0.3, -0.25) is 0 Å². The second kappa shape index (κ2) is 7.30. The minimum absolute atomic E-state index is 0.779. The first kappa shape index (κ1) is 17.4. The van der Waals surface area contributed by atoms with Crippen LogP contribution in [0, 0.1) is 3.57 Å². The molecule has 0 saturated carbocycles. The number of hydrogen-bond donors (Lipinski definition) is 1. The van der Waals surface area contributed by atoms with Crippen molar-refractivity contribution in [3.8, 4) is 16.9 Å². The third-order valence-electron chi connectivity index (χ3n) is 4.13. The Kier molecular flexibility index (Phi) is 4.88. The van der Waals surface area contributed by atoms with Crippen LogP contribution in [0.15, 0.2) is 78.0 Å². The standard InChI is InChI=1S/C20H16IN2O2S/c1-25-16-9-7-14(8-10-16)15-11-18-19(21)13-23(20(18)22-12-15)26(24)17-5-3-2-4-6-17/h2-13,24H,1H3/q+1. The van der Waals surface area contributed by atoms with E-state index in [0.717, 1.165) is 36.4 Å². The molecular weight excluding hydrogens is 459 g/mol. The average Bonchev–Trinajstić information content (AvgIpc) is 3.04. The molecule has 4 nitrogen and oxygen atoms in total. The Bertz CT molecular complexity index is 1050. The fraction of sp³-hybridized carbons (Fsp3) is 0.0500. The van der Waals surface area contributed by atoms with Gasteiger partial charge in [0.25, 0.3) is 0 Å². The van der Waals surface area contributed by atoms with Gasteiger partial charge in [-0.25, -0.2) is 4.98 Å². The molecule has 1 atom stereocenters. The first-order valence-electron chi connectivity index (χ1n) is 7.97. The third kappa shape index (κ3) is 3.20. The van der Waals surface area contributed by atoms with Crippen molar-refractivity contribution in [2.75, 3.05) is 7.11 Å². The molecular formula is C20H16IN2O2S+. The van der Waals surface area contributed by atoms with Gasteiger partial charge in [0, 0.05) is 20.7 Å². The molecule has 0 amide bonds. The summed E-state index contributed by atoms with van der Waals surface area (Å²) >= 11 is 1.22. The molecule has 2 aromatic carbocycles. The predicted molar refractivity (Wildman–Crippen MR) is 115 cm³/mol. The lowest BCUT2D eigenvalue weighted by Crippen LogP contribution is -2.11. The molecule has 6 heteroatoms. The van der Waals surface area contributed by atoms with Crippen molar-refractivity contribution in [2.24, 2.45) is 0 Å². The fourth-order valence-corrected chi connectivity index (χ4v) is 4.78. The first-order chi connectivity index (χ1) is 12.7. The molecule has 1 N–H and O–H groups in total. The Labute approximate surface area is 168 Å². The maximum atomic E-state index is 10.8. The summed E-state index contributed by atoms with van der Waals surface area (Å²) in [6, 6.07) is 19.7. The van der Waals surface area contributed by atoms with Crippen molar-refractivity contribution >= 4 is 45.0 Å². The van der Waals surface area contributed by atoms with Gasteiger partial charge in [0.1, 0.15) is 5.75 Å². The van der Waals surface area contributed by atoms with E-state index in [1.54, 1.807) is 7.11 Å². The lowest BCUT2D eigenvalue weighted by Gasteiger charge is -2.05. The molecule has 0 bridgehead atoms. The Morgan fingerprint density at radius 2 is 1.77 bits per heavy atom. The monoisotopic (exact) mass is 475 g/mol. The molecule has 4 rings (SSSR count). The van der Waals surface area contributed by atoms with Crippen LogP contribution in [-0.4, -0.2) is 20.6 Å². The minimum atomic E-state index is -1.07. The molecule has 2 heterocycles. The Morgan fingerprint density at radius 3 is 2.46 bits per heavy atom. The molecule has 4 aromatic rings. The molecule has 26 heavy (non-hydrogen) atoms. The van der Waals surface area contributed by atoms with E-state index in [2.05, 4.69) is 33.6 Å². The highest BCUT2D eigenvalue weighted by atomic mass is 127. The van der Waals surface area contributed by atoms with Crippen LogP contribution in [0.5, 0.6) is 5.75 Å². The molecule has 0 spiro atoms. The summed E-state index contributed by atoms with van der Waals surface area (Å²) in [6.45, 7) is 0. The molecule has 0 saturated heterocycles. The molecule has 0 aliphatic heterocycles. The van der Waals surface area contributed by atoms with Crippen molar-refractivity contribution in [3.05, 3.63) is 76.6 Å².